The Bertz CT molecular complexity index is 887. The van der Waals surface area contributed by atoms with E-state index in [0.29, 0.717) is 36.9 Å². The minimum atomic E-state index is 0.0191. The van der Waals surface area contributed by atoms with Gasteiger partial charge >= 0.3 is 0 Å². The second kappa shape index (κ2) is 6.50. The lowest BCUT2D eigenvalue weighted by atomic mass is 10.1. The normalized spacial score (nSPS) is 14.9. The fourth-order valence-electron chi connectivity index (χ4n) is 3.19. The first-order chi connectivity index (χ1) is 12.2. The number of aromatic nitrogens is 1. The molecule has 0 bridgehead atoms. The highest BCUT2D eigenvalue weighted by molar-refractivity contribution is 7.21. The second-order valence-electron chi connectivity index (χ2n) is 5.72. The summed E-state index contributed by atoms with van der Waals surface area (Å²) in [6, 6.07) is 5.71. The van der Waals surface area contributed by atoms with E-state index in [0.717, 1.165) is 26.7 Å². The Labute approximate surface area is 148 Å². The number of hydrogen-bond acceptors (Lipinski definition) is 6. The molecule has 0 radical (unpaired) electrons. The number of hydrogen-bond donors (Lipinski definition) is 0. The SMILES string of the molecule is COc1c2cccnc2c(OC)c2sc(C(=O)N3CCOCC3)cc12. The van der Waals surface area contributed by atoms with Crippen LogP contribution in [0.4, 0.5) is 0 Å². The molecule has 0 atom stereocenters. The summed E-state index contributed by atoms with van der Waals surface area (Å²) in [6.45, 7) is 2.39. The fraction of sp³-hybridized carbons (Fsp3) is 0.333. The molecule has 25 heavy (non-hydrogen) atoms. The molecule has 0 saturated carbocycles. The van der Waals surface area contributed by atoms with Crippen molar-refractivity contribution in [3.63, 3.8) is 0 Å². The first-order valence-electron chi connectivity index (χ1n) is 8.04. The molecule has 4 rings (SSSR count). The standard InChI is InChI=1S/C18H18N2O4S/c1-22-15-11-4-3-5-19-14(11)16(23-2)17-12(15)10-13(25-17)18(21)20-6-8-24-9-7-20/h3-5,10H,6-9H2,1-2H3. The number of fused-ring (bicyclic) bond motifs is 2. The molecule has 3 aromatic rings. The van der Waals surface area contributed by atoms with Crippen molar-refractivity contribution in [2.45, 2.75) is 0 Å². The summed E-state index contributed by atoms with van der Waals surface area (Å²) >= 11 is 1.42. The summed E-state index contributed by atoms with van der Waals surface area (Å²) in [5.74, 6) is 1.42. The van der Waals surface area contributed by atoms with Gasteiger partial charge in [-0.05, 0) is 18.2 Å². The van der Waals surface area contributed by atoms with Crippen molar-refractivity contribution in [1.82, 2.24) is 9.88 Å². The van der Waals surface area contributed by atoms with Gasteiger partial charge in [0.2, 0.25) is 0 Å². The molecule has 0 N–H and O–H groups in total. The maximum Gasteiger partial charge on any atom is 0.264 e. The van der Waals surface area contributed by atoms with Crippen LogP contribution in [0, 0.1) is 0 Å². The smallest absolute Gasteiger partial charge is 0.264 e. The van der Waals surface area contributed by atoms with Gasteiger partial charge in [0.25, 0.3) is 5.91 Å². The van der Waals surface area contributed by atoms with Crippen molar-refractivity contribution in [3.8, 4) is 11.5 Å². The van der Waals surface area contributed by atoms with E-state index in [1.54, 1.807) is 20.4 Å². The van der Waals surface area contributed by atoms with Gasteiger partial charge in [-0.15, -0.1) is 11.3 Å². The molecule has 0 spiro atoms. The number of ether oxygens (including phenoxy) is 3. The monoisotopic (exact) mass is 358 g/mol. The van der Waals surface area contributed by atoms with E-state index in [-0.39, 0.29) is 5.91 Å². The first-order valence-corrected chi connectivity index (χ1v) is 8.85. The summed E-state index contributed by atoms with van der Waals surface area (Å²) in [4.78, 5) is 19.8. The molecule has 3 heterocycles. The van der Waals surface area contributed by atoms with Crippen LogP contribution >= 0.6 is 11.3 Å². The fourth-order valence-corrected chi connectivity index (χ4v) is 4.33. The van der Waals surface area contributed by atoms with Crippen LogP contribution in [0.3, 0.4) is 0 Å². The third kappa shape index (κ3) is 2.60. The summed E-state index contributed by atoms with van der Waals surface area (Å²) in [5, 5.41) is 1.75. The lowest BCUT2D eigenvalue weighted by Crippen LogP contribution is -2.40. The van der Waals surface area contributed by atoms with Crippen LogP contribution in [-0.4, -0.2) is 56.3 Å². The molecule has 1 amide bonds. The predicted molar refractivity (Wildman–Crippen MR) is 97.0 cm³/mol. The summed E-state index contributed by atoms with van der Waals surface area (Å²) in [6.07, 6.45) is 1.73. The van der Waals surface area contributed by atoms with E-state index in [2.05, 4.69) is 4.98 Å². The molecule has 0 aliphatic carbocycles. The Kier molecular flexibility index (Phi) is 4.19. The van der Waals surface area contributed by atoms with Gasteiger partial charge in [0, 0.05) is 30.1 Å². The summed E-state index contributed by atoms with van der Waals surface area (Å²) < 4.78 is 17.5. The Hall–Kier alpha value is -2.38. The quantitative estimate of drug-likeness (QED) is 0.720. The van der Waals surface area contributed by atoms with E-state index in [1.165, 1.54) is 11.3 Å². The number of nitrogens with zero attached hydrogens (tertiary/aromatic N) is 2. The Morgan fingerprint density at radius 2 is 1.96 bits per heavy atom. The lowest BCUT2D eigenvalue weighted by Gasteiger charge is -2.26. The summed E-state index contributed by atoms with van der Waals surface area (Å²) in [7, 11) is 3.26. The Balaban J connectivity index is 1.92. The molecular formula is C18H18N2O4S. The van der Waals surface area contributed by atoms with Crippen LogP contribution in [0.25, 0.3) is 21.0 Å². The molecule has 2 aromatic heterocycles. The van der Waals surface area contributed by atoms with Crippen LogP contribution in [0.1, 0.15) is 9.67 Å². The topological polar surface area (TPSA) is 60.9 Å². The van der Waals surface area contributed by atoms with Gasteiger partial charge in [0.1, 0.15) is 11.3 Å². The molecule has 1 fully saturated rings. The maximum absolute atomic E-state index is 12.8. The highest BCUT2D eigenvalue weighted by Crippen LogP contribution is 2.45. The molecular weight excluding hydrogens is 340 g/mol. The van der Waals surface area contributed by atoms with Gasteiger partial charge in [-0.3, -0.25) is 9.78 Å². The van der Waals surface area contributed by atoms with Crippen molar-refractivity contribution >= 4 is 38.2 Å². The van der Waals surface area contributed by atoms with Gasteiger partial charge in [-0.2, -0.15) is 0 Å². The van der Waals surface area contributed by atoms with Crippen LogP contribution in [0.15, 0.2) is 24.4 Å². The molecule has 1 saturated heterocycles. The van der Waals surface area contributed by atoms with Crippen LogP contribution in [-0.2, 0) is 4.74 Å². The third-order valence-corrected chi connectivity index (χ3v) is 5.49. The van der Waals surface area contributed by atoms with Crippen molar-refractivity contribution in [2.75, 3.05) is 40.5 Å². The molecule has 1 aliphatic rings. The van der Waals surface area contributed by atoms with E-state index in [4.69, 9.17) is 14.2 Å². The van der Waals surface area contributed by atoms with Gasteiger partial charge in [-0.25, -0.2) is 0 Å². The number of morpholine rings is 1. The Morgan fingerprint density at radius 1 is 1.20 bits per heavy atom. The van der Waals surface area contributed by atoms with Crippen LogP contribution in [0.5, 0.6) is 11.5 Å². The zero-order valence-electron chi connectivity index (χ0n) is 14.1. The number of benzene rings is 1. The molecule has 6 nitrogen and oxygen atoms in total. The van der Waals surface area contributed by atoms with Crippen LogP contribution in [0.2, 0.25) is 0 Å². The summed E-state index contributed by atoms with van der Waals surface area (Å²) in [5.41, 5.74) is 0.738. The highest BCUT2D eigenvalue weighted by atomic mass is 32.1. The van der Waals surface area contributed by atoms with Gasteiger partial charge in [0.15, 0.2) is 5.75 Å². The minimum Gasteiger partial charge on any atom is -0.495 e. The number of carbonyl (C=O) groups is 1. The third-order valence-electron chi connectivity index (χ3n) is 4.37. The van der Waals surface area contributed by atoms with E-state index in [9.17, 15) is 4.79 Å². The minimum absolute atomic E-state index is 0.0191. The van der Waals surface area contributed by atoms with Gasteiger partial charge in [-0.1, -0.05) is 0 Å². The van der Waals surface area contributed by atoms with Crippen molar-refractivity contribution in [3.05, 3.63) is 29.3 Å². The lowest BCUT2D eigenvalue weighted by molar-refractivity contribution is 0.0306. The molecule has 7 heteroatoms. The number of amides is 1. The number of pyridine rings is 1. The largest absolute Gasteiger partial charge is 0.495 e. The average Bonchev–Trinajstić information content (AvgIpc) is 3.10. The average molecular weight is 358 g/mol. The van der Waals surface area contributed by atoms with Gasteiger partial charge in [0.05, 0.1) is 37.0 Å². The zero-order chi connectivity index (χ0) is 17.4. The molecule has 1 aromatic carbocycles. The van der Waals surface area contributed by atoms with E-state index >= 15 is 0 Å². The maximum atomic E-state index is 12.8. The second-order valence-corrected chi connectivity index (χ2v) is 6.78. The first kappa shape index (κ1) is 16.1. The molecule has 130 valence electrons. The zero-order valence-corrected chi connectivity index (χ0v) is 14.9. The molecule has 1 aliphatic heterocycles. The number of carbonyl (C=O) groups excluding carboxylic acids is 1. The molecule has 0 unspecified atom stereocenters. The van der Waals surface area contributed by atoms with Crippen LogP contribution < -0.4 is 9.47 Å². The Morgan fingerprint density at radius 3 is 2.68 bits per heavy atom. The number of methoxy groups -OCH3 is 2. The van der Waals surface area contributed by atoms with E-state index in [1.807, 2.05) is 23.1 Å². The van der Waals surface area contributed by atoms with Crippen molar-refractivity contribution in [1.29, 1.82) is 0 Å². The van der Waals surface area contributed by atoms with E-state index < -0.39 is 0 Å². The number of rotatable bonds is 3. The van der Waals surface area contributed by atoms with Gasteiger partial charge < -0.3 is 19.1 Å². The van der Waals surface area contributed by atoms with Crippen molar-refractivity contribution < 1.29 is 19.0 Å². The number of thiophene rings is 1. The highest BCUT2D eigenvalue weighted by Gasteiger charge is 2.24. The van der Waals surface area contributed by atoms with Crippen molar-refractivity contribution in [2.24, 2.45) is 0 Å². The predicted octanol–water partition coefficient (Wildman–Crippen LogP) is 2.94.